The summed E-state index contributed by atoms with van der Waals surface area (Å²) in [6.45, 7) is 13.5. The van der Waals surface area contributed by atoms with E-state index in [4.69, 9.17) is 8.83 Å². The number of benzene rings is 2. The fourth-order valence-corrected chi connectivity index (χ4v) is 6.61. The van der Waals surface area contributed by atoms with Crippen molar-refractivity contribution in [3.63, 3.8) is 0 Å². The third kappa shape index (κ3) is 3.82. The lowest BCUT2D eigenvalue weighted by atomic mass is 10.1. The molecule has 2 aliphatic heterocycles. The van der Waals surface area contributed by atoms with Gasteiger partial charge in [0, 0.05) is 57.7 Å². The van der Waals surface area contributed by atoms with Gasteiger partial charge in [0.1, 0.15) is 12.3 Å². The van der Waals surface area contributed by atoms with Crippen LogP contribution >= 0.6 is 0 Å². The molecule has 0 aliphatic carbocycles. The van der Waals surface area contributed by atoms with Crippen molar-refractivity contribution in [3.05, 3.63) is 95.8 Å². The van der Waals surface area contributed by atoms with Crippen LogP contribution < -0.4 is 9.80 Å². The molecule has 216 valence electrons. The van der Waals surface area contributed by atoms with Gasteiger partial charge in [0.05, 0.1) is 18.0 Å². The van der Waals surface area contributed by atoms with Crippen LogP contribution in [0.3, 0.4) is 0 Å². The molecule has 2 atom stereocenters. The molecule has 8 heteroatoms. The summed E-state index contributed by atoms with van der Waals surface area (Å²) in [5.74, 6) is 0. The van der Waals surface area contributed by atoms with Gasteiger partial charge in [-0.3, -0.25) is 0 Å². The van der Waals surface area contributed by atoms with Gasteiger partial charge in [-0.05, 0) is 76.9 Å². The van der Waals surface area contributed by atoms with E-state index in [2.05, 4.69) is 118 Å². The lowest BCUT2D eigenvalue weighted by Gasteiger charge is -2.36. The molecular weight excluding hydrogens is 536 g/mol. The number of furan rings is 2. The van der Waals surface area contributed by atoms with Crippen LogP contribution in [0.25, 0.3) is 44.1 Å². The quantitative estimate of drug-likeness (QED) is 0.211. The van der Waals surface area contributed by atoms with E-state index in [-0.39, 0.29) is 12.3 Å². The smallest absolute Gasteiger partial charge is 0.227 e. The fraction of sp³-hybridized carbons (Fsp3) is 0.257. The van der Waals surface area contributed by atoms with Gasteiger partial charge in [0.15, 0.2) is 11.2 Å². The Hall–Kier alpha value is -4.98. The summed E-state index contributed by atoms with van der Waals surface area (Å²) in [6.07, 6.45) is 8.87. The first-order valence-electron chi connectivity index (χ1n) is 14.8. The van der Waals surface area contributed by atoms with Crippen molar-refractivity contribution in [2.45, 2.75) is 53.9 Å². The van der Waals surface area contributed by atoms with Crippen molar-refractivity contribution in [3.8, 4) is 0 Å². The van der Waals surface area contributed by atoms with E-state index in [0.717, 1.165) is 62.1 Å². The van der Waals surface area contributed by atoms with E-state index >= 15 is 0 Å². The van der Waals surface area contributed by atoms with Gasteiger partial charge in [-0.2, -0.15) is 0 Å². The summed E-state index contributed by atoms with van der Waals surface area (Å²) in [6, 6.07) is 16.9. The molecule has 8 rings (SSSR count). The Morgan fingerprint density at radius 1 is 0.558 bits per heavy atom. The standard InChI is InChI=1S/C35H34N6O2/c1-20-7-11-26-28-13-9-22(3)36-34(28)42-32(26)30(20)40-17-15-38(24(40)5)19-39-16-18-41(25(39)6)31-21(2)8-12-27-29-14-10-23(4)37-35(29)43-33(27)31/h7-18,24-25H,19H2,1-6H3/t24-,25+. The first-order valence-corrected chi connectivity index (χ1v) is 14.8. The highest BCUT2D eigenvalue weighted by atomic mass is 16.3. The number of nitrogens with zero attached hydrogens (tertiary/aromatic N) is 6. The molecule has 0 amide bonds. The van der Waals surface area contributed by atoms with Crippen molar-refractivity contribution in [1.82, 2.24) is 19.8 Å². The van der Waals surface area contributed by atoms with Crippen LogP contribution in [0, 0.1) is 27.7 Å². The largest absolute Gasteiger partial charge is 0.435 e. The molecule has 0 unspecified atom stereocenters. The Balaban J connectivity index is 1.08. The van der Waals surface area contributed by atoms with Crippen LogP contribution in [-0.4, -0.2) is 38.8 Å². The second kappa shape index (κ2) is 9.26. The Labute approximate surface area is 250 Å². The van der Waals surface area contributed by atoms with E-state index in [1.165, 1.54) is 11.1 Å². The predicted octanol–water partition coefficient (Wildman–Crippen LogP) is 8.05. The molecule has 0 bridgehead atoms. The van der Waals surface area contributed by atoms with Gasteiger partial charge < -0.3 is 28.4 Å². The highest BCUT2D eigenvalue weighted by molar-refractivity contribution is 6.09. The molecule has 8 nitrogen and oxygen atoms in total. The summed E-state index contributed by atoms with van der Waals surface area (Å²) in [4.78, 5) is 18.6. The first-order chi connectivity index (χ1) is 20.8. The van der Waals surface area contributed by atoms with Crippen molar-refractivity contribution in [1.29, 1.82) is 0 Å². The van der Waals surface area contributed by atoms with Gasteiger partial charge in [0.25, 0.3) is 0 Å². The van der Waals surface area contributed by atoms with Gasteiger partial charge in [-0.25, -0.2) is 9.97 Å². The van der Waals surface area contributed by atoms with Crippen molar-refractivity contribution in [2.75, 3.05) is 16.5 Å². The zero-order valence-electron chi connectivity index (χ0n) is 25.3. The summed E-state index contributed by atoms with van der Waals surface area (Å²) in [5.41, 5.74) is 9.54. The summed E-state index contributed by atoms with van der Waals surface area (Å²) in [5, 5.41) is 4.28. The first kappa shape index (κ1) is 25.7. The molecule has 6 heterocycles. The van der Waals surface area contributed by atoms with Gasteiger partial charge in [0.2, 0.25) is 11.4 Å². The van der Waals surface area contributed by atoms with Crippen molar-refractivity contribution < 1.29 is 8.83 Å². The Bertz CT molecular complexity index is 1990. The molecule has 2 aliphatic rings. The highest BCUT2D eigenvalue weighted by Gasteiger charge is 2.32. The third-order valence-corrected chi connectivity index (χ3v) is 9.09. The number of pyridine rings is 2. The molecular formula is C35H34N6O2. The van der Waals surface area contributed by atoms with Crippen LogP contribution in [0.4, 0.5) is 11.4 Å². The molecule has 0 radical (unpaired) electrons. The van der Waals surface area contributed by atoms with E-state index in [1.807, 2.05) is 26.0 Å². The van der Waals surface area contributed by atoms with Crippen molar-refractivity contribution >= 4 is 55.5 Å². The minimum Gasteiger partial charge on any atom is -0.435 e. The Kier molecular flexibility index (Phi) is 5.54. The number of aromatic nitrogens is 2. The lowest BCUT2D eigenvalue weighted by molar-refractivity contribution is 0.176. The van der Waals surface area contributed by atoms with Crippen LogP contribution in [0.5, 0.6) is 0 Å². The maximum absolute atomic E-state index is 6.38. The maximum atomic E-state index is 6.38. The molecule has 2 aromatic carbocycles. The number of aryl methyl sites for hydroxylation is 4. The molecule has 0 spiro atoms. The average molecular weight is 571 g/mol. The van der Waals surface area contributed by atoms with Crippen LogP contribution in [0.15, 0.2) is 82.2 Å². The fourth-order valence-electron chi connectivity index (χ4n) is 6.61. The second-order valence-corrected chi connectivity index (χ2v) is 11.9. The molecule has 0 saturated heterocycles. The molecule has 6 aromatic rings. The minimum atomic E-state index is 0.0942. The summed E-state index contributed by atoms with van der Waals surface area (Å²) in [7, 11) is 0. The zero-order valence-corrected chi connectivity index (χ0v) is 25.3. The summed E-state index contributed by atoms with van der Waals surface area (Å²) < 4.78 is 12.8. The van der Waals surface area contributed by atoms with Crippen LogP contribution in [-0.2, 0) is 0 Å². The zero-order chi connectivity index (χ0) is 29.6. The number of anilines is 2. The molecule has 0 fully saturated rings. The number of hydrogen-bond acceptors (Lipinski definition) is 8. The Morgan fingerprint density at radius 2 is 0.977 bits per heavy atom. The maximum Gasteiger partial charge on any atom is 0.227 e. The highest BCUT2D eigenvalue weighted by Crippen LogP contribution is 2.41. The average Bonchev–Trinajstić information content (AvgIpc) is 3.73. The van der Waals surface area contributed by atoms with Crippen molar-refractivity contribution in [2.24, 2.45) is 0 Å². The van der Waals surface area contributed by atoms with Crippen LogP contribution in [0.2, 0.25) is 0 Å². The molecule has 4 aromatic heterocycles. The van der Waals surface area contributed by atoms with Crippen LogP contribution in [0.1, 0.15) is 36.4 Å². The number of hydrogen-bond donors (Lipinski definition) is 0. The van der Waals surface area contributed by atoms with E-state index in [1.54, 1.807) is 0 Å². The molecule has 43 heavy (non-hydrogen) atoms. The SMILES string of the molecule is Cc1ccc2c(n1)oc1c(N3C=CN(CN4C=CN(c5c(C)ccc6c5oc5nc(C)ccc56)[C@H]4C)[C@H]3C)c(C)ccc12. The lowest BCUT2D eigenvalue weighted by Crippen LogP contribution is -2.45. The van der Waals surface area contributed by atoms with E-state index < -0.39 is 0 Å². The summed E-state index contributed by atoms with van der Waals surface area (Å²) >= 11 is 0. The molecule has 0 N–H and O–H groups in total. The predicted molar refractivity (Wildman–Crippen MR) is 173 cm³/mol. The van der Waals surface area contributed by atoms with Gasteiger partial charge in [-0.15, -0.1) is 0 Å². The normalized spacial score (nSPS) is 18.7. The number of rotatable bonds is 4. The van der Waals surface area contributed by atoms with Gasteiger partial charge in [-0.1, -0.05) is 24.3 Å². The second-order valence-electron chi connectivity index (χ2n) is 11.9. The Morgan fingerprint density at radius 3 is 1.42 bits per heavy atom. The third-order valence-electron chi connectivity index (χ3n) is 9.09. The minimum absolute atomic E-state index is 0.0942. The van der Waals surface area contributed by atoms with E-state index in [9.17, 15) is 0 Å². The van der Waals surface area contributed by atoms with Gasteiger partial charge >= 0.3 is 0 Å². The monoisotopic (exact) mass is 570 g/mol. The molecule has 0 saturated carbocycles. The topological polar surface area (TPSA) is 65.0 Å². The number of fused-ring (bicyclic) bond motifs is 6. The van der Waals surface area contributed by atoms with E-state index in [0.29, 0.717) is 11.4 Å².